The van der Waals surface area contributed by atoms with Crippen LogP contribution in [0.15, 0.2) is 11.1 Å². The standard InChI is InChI=1S/C28H48O2/c1-19(2)8-6-7-9-21-10-13-27-26-16-20(3)25-17-22(30-18-29-5)11-12-23(25)24(26)14-15-28(21,27)4/h19-22,24,26-27H,6-18H2,1-5H3. The molecule has 0 heterocycles. The van der Waals surface area contributed by atoms with Crippen molar-refractivity contribution in [1.29, 1.82) is 0 Å². The lowest BCUT2D eigenvalue weighted by molar-refractivity contribution is -0.0783. The topological polar surface area (TPSA) is 18.5 Å². The maximum Gasteiger partial charge on any atom is 0.146 e. The average molecular weight is 417 g/mol. The highest BCUT2D eigenvalue weighted by atomic mass is 16.7. The van der Waals surface area contributed by atoms with Gasteiger partial charge in [0.25, 0.3) is 0 Å². The van der Waals surface area contributed by atoms with Crippen molar-refractivity contribution < 1.29 is 9.47 Å². The molecule has 172 valence electrons. The molecule has 0 aromatic heterocycles. The molecule has 0 radical (unpaired) electrons. The van der Waals surface area contributed by atoms with Crippen LogP contribution in [0.2, 0.25) is 0 Å². The van der Waals surface area contributed by atoms with E-state index in [0.29, 0.717) is 18.3 Å². The van der Waals surface area contributed by atoms with Gasteiger partial charge in [0.1, 0.15) is 6.79 Å². The molecule has 2 saturated carbocycles. The summed E-state index contributed by atoms with van der Waals surface area (Å²) in [5.74, 6) is 5.49. The molecule has 7 unspecified atom stereocenters. The Morgan fingerprint density at radius 2 is 1.90 bits per heavy atom. The second kappa shape index (κ2) is 9.65. The molecule has 2 fully saturated rings. The maximum absolute atomic E-state index is 5.97. The second-order valence-corrected chi connectivity index (χ2v) is 12.0. The lowest BCUT2D eigenvalue weighted by atomic mass is 9.51. The molecule has 4 rings (SSSR count). The number of methoxy groups -OCH3 is 1. The Morgan fingerprint density at radius 1 is 1.07 bits per heavy atom. The smallest absolute Gasteiger partial charge is 0.146 e. The van der Waals surface area contributed by atoms with Crippen molar-refractivity contribution in [2.75, 3.05) is 13.9 Å². The van der Waals surface area contributed by atoms with Gasteiger partial charge in [-0.15, -0.1) is 0 Å². The molecule has 2 heteroatoms. The number of unbranched alkanes of at least 4 members (excludes halogenated alkanes) is 1. The van der Waals surface area contributed by atoms with Gasteiger partial charge in [0.05, 0.1) is 6.10 Å². The molecule has 4 aliphatic rings. The molecule has 0 aliphatic heterocycles. The summed E-state index contributed by atoms with van der Waals surface area (Å²) in [6, 6.07) is 0. The van der Waals surface area contributed by atoms with Crippen LogP contribution >= 0.6 is 0 Å². The van der Waals surface area contributed by atoms with E-state index in [-0.39, 0.29) is 0 Å². The van der Waals surface area contributed by atoms with Crippen LogP contribution < -0.4 is 0 Å². The fraction of sp³-hybridized carbons (Fsp3) is 0.929. The molecule has 0 bridgehead atoms. The molecule has 0 spiro atoms. The number of rotatable bonds is 8. The highest BCUT2D eigenvalue weighted by Crippen LogP contribution is 2.64. The second-order valence-electron chi connectivity index (χ2n) is 12.0. The van der Waals surface area contributed by atoms with Crippen LogP contribution in [0, 0.1) is 40.9 Å². The Kier molecular flexibility index (Phi) is 7.35. The summed E-state index contributed by atoms with van der Waals surface area (Å²) in [5, 5.41) is 0. The molecule has 2 nitrogen and oxygen atoms in total. The lowest BCUT2D eigenvalue weighted by Crippen LogP contribution is -2.45. The predicted molar refractivity (Wildman–Crippen MR) is 125 cm³/mol. The summed E-state index contributed by atoms with van der Waals surface area (Å²) in [7, 11) is 1.74. The minimum absolute atomic E-state index is 0.387. The van der Waals surface area contributed by atoms with Gasteiger partial charge in [-0.05, 0) is 98.7 Å². The van der Waals surface area contributed by atoms with Gasteiger partial charge in [-0.1, -0.05) is 58.1 Å². The maximum atomic E-state index is 5.97. The van der Waals surface area contributed by atoms with E-state index in [1.54, 1.807) is 12.7 Å². The van der Waals surface area contributed by atoms with Crippen LogP contribution in [0.3, 0.4) is 0 Å². The SMILES string of the molecule is COCOC1CCC2=C(C1)C(C)CC1C2CCC2(C)C(CCCCC(C)C)CCC12. The van der Waals surface area contributed by atoms with Gasteiger partial charge in [-0.25, -0.2) is 0 Å². The lowest BCUT2D eigenvalue weighted by Gasteiger charge is -2.54. The Hall–Kier alpha value is -0.340. The average Bonchev–Trinajstić information content (AvgIpc) is 3.06. The van der Waals surface area contributed by atoms with Crippen LogP contribution in [0.1, 0.15) is 105 Å². The summed E-state index contributed by atoms with van der Waals surface area (Å²) in [4.78, 5) is 0. The van der Waals surface area contributed by atoms with E-state index in [4.69, 9.17) is 9.47 Å². The van der Waals surface area contributed by atoms with E-state index >= 15 is 0 Å². The van der Waals surface area contributed by atoms with Crippen molar-refractivity contribution in [3.63, 3.8) is 0 Å². The van der Waals surface area contributed by atoms with E-state index in [2.05, 4.69) is 27.7 Å². The van der Waals surface area contributed by atoms with E-state index < -0.39 is 0 Å². The van der Waals surface area contributed by atoms with Crippen molar-refractivity contribution in [2.24, 2.45) is 40.9 Å². The van der Waals surface area contributed by atoms with E-state index in [9.17, 15) is 0 Å². The van der Waals surface area contributed by atoms with E-state index in [1.165, 1.54) is 77.0 Å². The zero-order chi connectivity index (χ0) is 21.3. The first-order valence-electron chi connectivity index (χ1n) is 13.3. The van der Waals surface area contributed by atoms with Crippen LogP contribution in [0.5, 0.6) is 0 Å². The fourth-order valence-electron chi connectivity index (χ4n) is 8.33. The first-order valence-corrected chi connectivity index (χ1v) is 13.3. The Labute approximate surface area is 186 Å². The third-order valence-corrected chi connectivity index (χ3v) is 9.90. The molecule has 30 heavy (non-hydrogen) atoms. The first-order chi connectivity index (χ1) is 14.4. The molecule has 7 atom stereocenters. The molecule has 0 aromatic carbocycles. The third kappa shape index (κ3) is 4.42. The third-order valence-electron chi connectivity index (χ3n) is 9.90. The highest BCUT2D eigenvalue weighted by molar-refractivity contribution is 5.29. The van der Waals surface area contributed by atoms with Crippen molar-refractivity contribution in [1.82, 2.24) is 0 Å². The summed E-state index contributed by atoms with van der Waals surface area (Å²) < 4.78 is 11.1. The van der Waals surface area contributed by atoms with Gasteiger partial charge in [-0.2, -0.15) is 0 Å². The quantitative estimate of drug-likeness (QED) is 0.228. The minimum atomic E-state index is 0.387. The largest absolute Gasteiger partial charge is 0.359 e. The Morgan fingerprint density at radius 3 is 2.67 bits per heavy atom. The van der Waals surface area contributed by atoms with Crippen molar-refractivity contribution >= 4 is 0 Å². The Bertz CT molecular complexity index is 608. The van der Waals surface area contributed by atoms with Crippen LogP contribution in [-0.2, 0) is 9.47 Å². The van der Waals surface area contributed by atoms with Crippen molar-refractivity contribution in [3.8, 4) is 0 Å². The van der Waals surface area contributed by atoms with Crippen molar-refractivity contribution in [3.05, 3.63) is 11.1 Å². The van der Waals surface area contributed by atoms with Crippen LogP contribution in [0.4, 0.5) is 0 Å². The van der Waals surface area contributed by atoms with Gasteiger partial charge in [0, 0.05) is 7.11 Å². The summed E-state index contributed by atoms with van der Waals surface area (Å²) in [6.07, 6.45) is 17.3. The van der Waals surface area contributed by atoms with E-state index in [1.807, 2.05) is 5.57 Å². The number of hydrogen-bond acceptors (Lipinski definition) is 2. The number of fused-ring (bicyclic) bond motifs is 4. The monoisotopic (exact) mass is 416 g/mol. The van der Waals surface area contributed by atoms with Gasteiger partial charge in [0.15, 0.2) is 0 Å². The zero-order valence-electron chi connectivity index (χ0n) is 20.6. The van der Waals surface area contributed by atoms with Gasteiger partial charge in [0.2, 0.25) is 0 Å². The molecule has 4 aliphatic carbocycles. The summed E-state index contributed by atoms with van der Waals surface area (Å²) >= 11 is 0. The van der Waals surface area contributed by atoms with Gasteiger partial charge < -0.3 is 9.47 Å². The minimum Gasteiger partial charge on any atom is -0.359 e. The predicted octanol–water partition coefficient (Wildman–Crippen LogP) is 7.77. The number of hydrogen-bond donors (Lipinski definition) is 0. The van der Waals surface area contributed by atoms with E-state index in [0.717, 1.165) is 35.5 Å². The van der Waals surface area contributed by atoms with Gasteiger partial charge >= 0.3 is 0 Å². The fourth-order valence-corrected chi connectivity index (χ4v) is 8.33. The first kappa shape index (κ1) is 22.8. The zero-order valence-corrected chi connectivity index (χ0v) is 20.6. The molecule has 0 aromatic rings. The highest BCUT2D eigenvalue weighted by Gasteiger charge is 2.55. The molecular weight excluding hydrogens is 368 g/mol. The molecule has 0 saturated heterocycles. The van der Waals surface area contributed by atoms with Crippen LogP contribution in [-0.4, -0.2) is 20.0 Å². The van der Waals surface area contributed by atoms with Crippen molar-refractivity contribution in [2.45, 2.75) is 111 Å². The number of ether oxygens (including phenoxy) is 2. The Balaban J connectivity index is 1.42. The van der Waals surface area contributed by atoms with Crippen LogP contribution in [0.25, 0.3) is 0 Å². The molecule has 0 amide bonds. The normalized spacial score (nSPS) is 41.0. The summed E-state index contributed by atoms with van der Waals surface area (Å²) in [6.45, 7) is 10.4. The summed E-state index contributed by atoms with van der Waals surface area (Å²) in [5.41, 5.74) is 4.31. The molecular formula is C28H48O2. The number of allylic oxidation sites excluding steroid dienone is 1. The molecule has 0 N–H and O–H groups in total. The van der Waals surface area contributed by atoms with Gasteiger partial charge in [-0.3, -0.25) is 0 Å².